The minimum absolute atomic E-state index is 0.0297. The van der Waals surface area contributed by atoms with Crippen molar-refractivity contribution in [2.45, 2.75) is 13.3 Å². The molecule has 1 aromatic heterocycles. The van der Waals surface area contributed by atoms with E-state index in [2.05, 4.69) is 47.8 Å². The number of fused-ring (bicyclic) bond motifs is 3. The first-order valence-corrected chi connectivity index (χ1v) is 7.20. The van der Waals surface area contributed by atoms with Gasteiger partial charge in [-0.05, 0) is 30.2 Å². The van der Waals surface area contributed by atoms with E-state index >= 15 is 0 Å². The maximum Gasteiger partial charge on any atom is 0.216 e. The van der Waals surface area contributed by atoms with Gasteiger partial charge < -0.3 is 5.32 Å². The van der Waals surface area contributed by atoms with Crippen LogP contribution in [0.1, 0.15) is 12.5 Å². The molecule has 0 spiro atoms. The van der Waals surface area contributed by atoms with E-state index in [1.807, 2.05) is 11.3 Å². The second-order valence-corrected chi connectivity index (χ2v) is 5.75. The number of hydrogen-bond donors (Lipinski definition) is 1. The average Bonchev–Trinajstić information content (AvgIpc) is 2.76. The molecular weight excluding hydrogens is 254 g/mol. The Morgan fingerprint density at radius 1 is 1.11 bits per heavy atom. The average molecular weight is 269 g/mol. The minimum atomic E-state index is 0.0297. The third-order valence-corrected chi connectivity index (χ3v) is 4.38. The van der Waals surface area contributed by atoms with Gasteiger partial charge in [-0.25, -0.2) is 0 Å². The van der Waals surface area contributed by atoms with Gasteiger partial charge in [-0.15, -0.1) is 11.3 Å². The lowest BCUT2D eigenvalue weighted by atomic mass is 10.1. The lowest BCUT2D eigenvalue weighted by Gasteiger charge is -2.03. The SMILES string of the molecule is CC(=O)NCCc1ccc2sc3ccccc3c2c1. The van der Waals surface area contributed by atoms with Crippen molar-refractivity contribution in [1.82, 2.24) is 5.32 Å². The Morgan fingerprint density at radius 3 is 2.74 bits per heavy atom. The normalized spacial score (nSPS) is 11.0. The van der Waals surface area contributed by atoms with Gasteiger partial charge in [0.05, 0.1) is 0 Å². The molecule has 0 bridgehead atoms. The summed E-state index contributed by atoms with van der Waals surface area (Å²) in [4.78, 5) is 10.9. The highest BCUT2D eigenvalue weighted by molar-refractivity contribution is 7.25. The standard InChI is InChI=1S/C16H15NOS/c1-11(18)17-9-8-12-6-7-16-14(10-12)13-4-2-3-5-15(13)19-16/h2-7,10H,8-9H2,1H3,(H,17,18). The van der Waals surface area contributed by atoms with E-state index in [4.69, 9.17) is 0 Å². The van der Waals surface area contributed by atoms with Crippen molar-refractivity contribution in [2.24, 2.45) is 0 Å². The molecule has 0 radical (unpaired) electrons. The summed E-state index contributed by atoms with van der Waals surface area (Å²) in [6, 6.07) is 15.1. The van der Waals surface area contributed by atoms with Crippen LogP contribution in [0.15, 0.2) is 42.5 Å². The number of carbonyl (C=O) groups is 1. The van der Waals surface area contributed by atoms with E-state index in [1.54, 1.807) is 6.92 Å². The lowest BCUT2D eigenvalue weighted by molar-refractivity contribution is -0.118. The molecule has 0 aliphatic rings. The van der Waals surface area contributed by atoms with E-state index in [-0.39, 0.29) is 5.91 Å². The summed E-state index contributed by atoms with van der Waals surface area (Å²) in [5.74, 6) is 0.0297. The van der Waals surface area contributed by atoms with E-state index in [0.717, 1.165) is 6.42 Å². The largest absolute Gasteiger partial charge is 0.356 e. The summed E-state index contributed by atoms with van der Waals surface area (Å²) in [5, 5.41) is 5.48. The monoisotopic (exact) mass is 269 g/mol. The first-order chi connectivity index (χ1) is 9.24. The summed E-state index contributed by atoms with van der Waals surface area (Å²) < 4.78 is 2.65. The summed E-state index contributed by atoms with van der Waals surface area (Å²) in [7, 11) is 0. The zero-order valence-corrected chi connectivity index (χ0v) is 11.6. The molecule has 0 aliphatic heterocycles. The van der Waals surface area contributed by atoms with Gasteiger partial charge in [0.15, 0.2) is 0 Å². The van der Waals surface area contributed by atoms with Crippen molar-refractivity contribution in [1.29, 1.82) is 0 Å². The molecule has 0 atom stereocenters. The van der Waals surface area contributed by atoms with Crippen molar-refractivity contribution in [3.8, 4) is 0 Å². The van der Waals surface area contributed by atoms with E-state index in [0.29, 0.717) is 6.54 Å². The van der Waals surface area contributed by atoms with Crippen LogP contribution in [0, 0.1) is 0 Å². The van der Waals surface area contributed by atoms with Gasteiger partial charge in [-0.2, -0.15) is 0 Å². The van der Waals surface area contributed by atoms with E-state index in [1.165, 1.54) is 25.7 Å². The van der Waals surface area contributed by atoms with Crippen LogP contribution >= 0.6 is 11.3 Å². The Bertz CT molecular complexity index is 745. The number of nitrogens with one attached hydrogen (secondary N) is 1. The maximum absolute atomic E-state index is 10.9. The Balaban J connectivity index is 1.95. The highest BCUT2D eigenvalue weighted by Crippen LogP contribution is 2.34. The van der Waals surface area contributed by atoms with Crippen LogP contribution in [0.3, 0.4) is 0 Å². The maximum atomic E-state index is 10.9. The van der Waals surface area contributed by atoms with Crippen molar-refractivity contribution < 1.29 is 4.79 Å². The Hall–Kier alpha value is -1.87. The molecule has 1 amide bonds. The van der Waals surface area contributed by atoms with Crippen molar-refractivity contribution in [2.75, 3.05) is 6.54 Å². The molecule has 2 nitrogen and oxygen atoms in total. The highest BCUT2D eigenvalue weighted by Gasteiger charge is 2.05. The molecule has 19 heavy (non-hydrogen) atoms. The predicted molar refractivity (Wildman–Crippen MR) is 81.7 cm³/mol. The van der Waals surface area contributed by atoms with Gasteiger partial charge in [0.25, 0.3) is 0 Å². The fourth-order valence-corrected chi connectivity index (χ4v) is 3.40. The minimum Gasteiger partial charge on any atom is -0.356 e. The van der Waals surface area contributed by atoms with E-state index < -0.39 is 0 Å². The quantitative estimate of drug-likeness (QED) is 0.771. The molecule has 0 saturated heterocycles. The molecule has 2 aromatic carbocycles. The highest BCUT2D eigenvalue weighted by atomic mass is 32.1. The van der Waals surface area contributed by atoms with E-state index in [9.17, 15) is 4.79 Å². The third-order valence-electron chi connectivity index (χ3n) is 3.23. The molecule has 0 fully saturated rings. The van der Waals surface area contributed by atoms with Gasteiger partial charge in [0.2, 0.25) is 5.91 Å². The van der Waals surface area contributed by atoms with Gasteiger partial charge in [0, 0.05) is 33.6 Å². The topological polar surface area (TPSA) is 29.1 Å². The Morgan fingerprint density at radius 2 is 1.89 bits per heavy atom. The number of benzene rings is 2. The predicted octanol–water partition coefficient (Wildman–Crippen LogP) is 3.73. The number of rotatable bonds is 3. The van der Waals surface area contributed by atoms with Gasteiger partial charge in [0.1, 0.15) is 0 Å². The third kappa shape index (κ3) is 2.47. The van der Waals surface area contributed by atoms with Crippen LogP contribution in [-0.4, -0.2) is 12.5 Å². The number of carbonyl (C=O) groups excluding carboxylic acids is 1. The number of hydrogen-bond acceptors (Lipinski definition) is 2. The molecular formula is C16H15NOS. The lowest BCUT2D eigenvalue weighted by Crippen LogP contribution is -2.22. The first-order valence-electron chi connectivity index (χ1n) is 6.38. The Kier molecular flexibility index (Phi) is 3.22. The van der Waals surface area contributed by atoms with Crippen LogP contribution in [0.5, 0.6) is 0 Å². The van der Waals surface area contributed by atoms with Crippen LogP contribution < -0.4 is 5.32 Å². The van der Waals surface area contributed by atoms with Crippen molar-refractivity contribution >= 4 is 37.4 Å². The van der Waals surface area contributed by atoms with Crippen LogP contribution in [-0.2, 0) is 11.2 Å². The van der Waals surface area contributed by atoms with Gasteiger partial charge in [-0.1, -0.05) is 24.3 Å². The van der Waals surface area contributed by atoms with Gasteiger partial charge in [-0.3, -0.25) is 4.79 Å². The summed E-state index contributed by atoms with van der Waals surface area (Å²) in [6.45, 7) is 2.25. The number of thiophene rings is 1. The van der Waals surface area contributed by atoms with Crippen LogP contribution in [0.2, 0.25) is 0 Å². The molecule has 3 rings (SSSR count). The zero-order valence-electron chi connectivity index (χ0n) is 10.8. The van der Waals surface area contributed by atoms with Crippen LogP contribution in [0.4, 0.5) is 0 Å². The molecule has 96 valence electrons. The number of amides is 1. The molecule has 0 aliphatic carbocycles. The summed E-state index contributed by atoms with van der Waals surface area (Å²) in [5.41, 5.74) is 1.27. The molecule has 0 saturated carbocycles. The molecule has 3 heteroatoms. The second-order valence-electron chi connectivity index (χ2n) is 4.66. The molecule has 0 unspecified atom stereocenters. The smallest absolute Gasteiger partial charge is 0.216 e. The second kappa shape index (κ2) is 5.02. The van der Waals surface area contributed by atoms with Crippen molar-refractivity contribution in [3.05, 3.63) is 48.0 Å². The molecule has 3 aromatic rings. The Labute approximate surface area is 116 Å². The molecule has 1 heterocycles. The molecule has 1 N–H and O–H groups in total. The van der Waals surface area contributed by atoms with Gasteiger partial charge >= 0.3 is 0 Å². The van der Waals surface area contributed by atoms with Crippen LogP contribution in [0.25, 0.3) is 20.2 Å². The van der Waals surface area contributed by atoms with Crippen molar-refractivity contribution in [3.63, 3.8) is 0 Å². The fraction of sp³-hybridized carbons (Fsp3) is 0.188. The fourth-order valence-electron chi connectivity index (χ4n) is 2.31. The zero-order chi connectivity index (χ0) is 13.2. The summed E-state index contributed by atoms with van der Waals surface area (Å²) >= 11 is 1.83. The first kappa shape index (κ1) is 12.2. The summed E-state index contributed by atoms with van der Waals surface area (Å²) in [6.07, 6.45) is 0.875.